The van der Waals surface area contributed by atoms with Crippen molar-refractivity contribution in [3.8, 4) is 12.3 Å². The van der Waals surface area contributed by atoms with E-state index in [0.717, 1.165) is 21.2 Å². The summed E-state index contributed by atoms with van der Waals surface area (Å²) < 4.78 is 1.11. The molecule has 0 heterocycles. The van der Waals surface area contributed by atoms with Crippen LogP contribution >= 0.6 is 15.9 Å². The van der Waals surface area contributed by atoms with Gasteiger partial charge in [-0.25, -0.2) is 0 Å². The predicted molar refractivity (Wildman–Crippen MR) is 66.6 cm³/mol. The summed E-state index contributed by atoms with van der Waals surface area (Å²) in [7, 11) is 0. The Balaban J connectivity index is 2.91. The van der Waals surface area contributed by atoms with Crippen LogP contribution in [0.2, 0.25) is 0 Å². The first-order valence-electron chi connectivity index (χ1n) is 4.94. The fraction of sp³-hybridized carbons (Fsp3) is 0.385. The van der Waals surface area contributed by atoms with E-state index < -0.39 is 6.10 Å². The highest BCUT2D eigenvalue weighted by Gasteiger charge is 2.09. The number of terminal acetylenes is 1. The first-order valence-corrected chi connectivity index (χ1v) is 5.73. The Bertz CT molecular complexity index is 367. The Labute approximate surface area is 99.6 Å². The van der Waals surface area contributed by atoms with Crippen LogP contribution in [-0.4, -0.2) is 5.11 Å². The van der Waals surface area contributed by atoms with Crippen molar-refractivity contribution in [3.63, 3.8) is 0 Å². The molecule has 1 unspecified atom stereocenters. The number of halogens is 1. The summed E-state index contributed by atoms with van der Waals surface area (Å²) in [6, 6.07) is 4.00. The molecule has 1 aromatic rings. The van der Waals surface area contributed by atoms with Gasteiger partial charge in [0.15, 0.2) is 0 Å². The van der Waals surface area contributed by atoms with Crippen molar-refractivity contribution in [2.24, 2.45) is 0 Å². The first-order chi connectivity index (χ1) is 7.06. The number of hydrogen-bond donors (Lipinski definition) is 1. The molecule has 0 fully saturated rings. The van der Waals surface area contributed by atoms with Crippen LogP contribution in [0.4, 0.5) is 0 Å². The number of benzene rings is 1. The lowest BCUT2D eigenvalue weighted by Gasteiger charge is -2.12. The second-order valence-corrected chi connectivity index (χ2v) is 4.52. The molecule has 0 amide bonds. The molecule has 0 saturated carbocycles. The maximum absolute atomic E-state index is 9.88. The Hall–Kier alpha value is -0.780. The van der Waals surface area contributed by atoms with Crippen LogP contribution in [-0.2, 0) is 0 Å². The molecular weight excluding hydrogens is 252 g/mol. The molecular formula is C13H15BrO. The van der Waals surface area contributed by atoms with Crippen molar-refractivity contribution >= 4 is 15.9 Å². The molecule has 0 spiro atoms. The number of rotatable bonds is 3. The van der Waals surface area contributed by atoms with Crippen LogP contribution in [0.25, 0.3) is 0 Å². The maximum atomic E-state index is 9.88. The van der Waals surface area contributed by atoms with Crippen LogP contribution in [0.5, 0.6) is 0 Å². The highest BCUT2D eigenvalue weighted by molar-refractivity contribution is 9.10. The number of aliphatic hydroxyl groups is 1. The van der Waals surface area contributed by atoms with Gasteiger partial charge in [0.2, 0.25) is 0 Å². The Morgan fingerprint density at radius 3 is 2.40 bits per heavy atom. The van der Waals surface area contributed by atoms with Crippen molar-refractivity contribution in [1.82, 2.24) is 0 Å². The average molecular weight is 267 g/mol. The third-order valence-corrected chi connectivity index (χ3v) is 3.66. The van der Waals surface area contributed by atoms with Gasteiger partial charge in [-0.05, 0) is 37.0 Å². The van der Waals surface area contributed by atoms with Gasteiger partial charge >= 0.3 is 0 Å². The molecule has 0 saturated heterocycles. The standard InChI is InChI=1S/C13H15BrO/c1-4-5-6-12(15)11-7-9(2)13(14)10(3)8-11/h1,7-8,12,15H,5-6H2,2-3H3. The normalized spacial score (nSPS) is 12.2. The lowest BCUT2D eigenvalue weighted by atomic mass is 10.0. The molecule has 15 heavy (non-hydrogen) atoms. The molecule has 1 aromatic carbocycles. The molecule has 80 valence electrons. The SMILES string of the molecule is C#CCCC(O)c1cc(C)c(Br)c(C)c1. The van der Waals surface area contributed by atoms with Gasteiger partial charge in [0.25, 0.3) is 0 Å². The molecule has 1 N–H and O–H groups in total. The zero-order valence-corrected chi connectivity index (χ0v) is 10.6. The van der Waals surface area contributed by atoms with Crippen LogP contribution in [0.1, 0.15) is 35.6 Å². The zero-order valence-electron chi connectivity index (χ0n) is 9.05. The van der Waals surface area contributed by atoms with Gasteiger partial charge in [0.1, 0.15) is 0 Å². The highest BCUT2D eigenvalue weighted by atomic mass is 79.9. The van der Waals surface area contributed by atoms with Crippen LogP contribution in [0.15, 0.2) is 16.6 Å². The van der Waals surface area contributed by atoms with Gasteiger partial charge in [-0.1, -0.05) is 28.1 Å². The summed E-state index contributed by atoms with van der Waals surface area (Å²) in [6.45, 7) is 4.04. The Kier molecular flexibility index (Phi) is 4.38. The monoisotopic (exact) mass is 266 g/mol. The fourth-order valence-electron chi connectivity index (χ4n) is 1.56. The second-order valence-electron chi connectivity index (χ2n) is 3.73. The molecule has 0 aliphatic rings. The first kappa shape index (κ1) is 12.3. The van der Waals surface area contributed by atoms with Gasteiger partial charge in [-0.15, -0.1) is 12.3 Å². The minimum Gasteiger partial charge on any atom is -0.388 e. The lowest BCUT2D eigenvalue weighted by Crippen LogP contribution is -1.98. The van der Waals surface area contributed by atoms with E-state index in [1.807, 2.05) is 26.0 Å². The predicted octanol–water partition coefficient (Wildman–Crippen LogP) is 3.51. The largest absolute Gasteiger partial charge is 0.388 e. The number of aliphatic hydroxyl groups excluding tert-OH is 1. The molecule has 2 heteroatoms. The van der Waals surface area contributed by atoms with Gasteiger partial charge in [-0.3, -0.25) is 0 Å². The minimum absolute atomic E-state index is 0.452. The van der Waals surface area contributed by atoms with E-state index in [0.29, 0.717) is 12.8 Å². The van der Waals surface area contributed by atoms with E-state index >= 15 is 0 Å². The van der Waals surface area contributed by atoms with Crippen molar-refractivity contribution in [3.05, 3.63) is 33.3 Å². The van der Waals surface area contributed by atoms with Crippen molar-refractivity contribution < 1.29 is 5.11 Å². The van der Waals surface area contributed by atoms with E-state index in [9.17, 15) is 5.11 Å². The van der Waals surface area contributed by atoms with Crippen LogP contribution in [0.3, 0.4) is 0 Å². The maximum Gasteiger partial charge on any atom is 0.0799 e. The summed E-state index contributed by atoms with van der Waals surface area (Å²) >= 11 is 3.50. The van der Waals surface area contributed by atoms with Gasteiger partial charge in [-0.2, -0.15) is 0 Å². The molecule has 0 radical (unpaired) electrons. The number of aryl methyl sites for hydroxylation is 2. The summed E-state index contributed by atoms with van der Waals surface area (Å²) in [4.78, 5) is 0. The molecule has 0 bridgehead atoms. The Morgan fingerprint density at radius 1 is 1.40 bits per heavy atom. The van der Waals surface area contributed by atoms with E-state index in [1.54, 1.807) is 0 Å². The molecule has 0 aliphatic carbocycles. The Morgan fingerprint density at radius 2 is 1.93 bits per heavy atom. The topological polar surface area (TPSA) is 20.2 Å². The summed E-state index contributed by atoms with van der Waals surface area (Å²) in [5, 5.41) is 9.88. The zero-order chi connectivity index (χ0) is 11.4. The van der Waals surface area contributed by atoms with Gasteiger partial charge < -0.3 is 5.11 Å². The van der Waals surface area contributed by atoms with Gasteiger partial charge in [0, 0.05) is 10.9 Å². The van der Waals surface area contributed by atoms with Gasteiger partial charge in [0.05, 0.1) is 6.10 Å². The smallest absolute Gasteiger partial charge is 0.0799 e. The highest BCUT2D eigenvalue weighted by Crippen LogP contribution is 2.27. The average Bonchev–Trinajstić information content (AvgIpc) is 2.21. The quantitative estimate of drug-likeness (QED) is 0.831. The van der Waals surface area contributed by atoms with E-state index in [2.05, 4.69) is 21.9 Å². The fourth-order valence-corrected chi connectivity index (χ4v) is 1.79. The molecule has 0 aliphatic heterocycles. The van der Waals surface area contributed by atoms with E-state index in [-0.39, 0.29) is 0 Å². The lowest BCUT2D eigenvalue weighted by molar-refractivity contribution is 0.169. The van der Waals surface area contributed by atoms with Crippen molar-refractivity contribution in [2.45, 2.75) is 32.8 Å². The van der Waals surface area contributed by atoms with Crippen LogP contribution < -0.4 is 0 Å². The van der Waals surface area contributed by atoms with E-state index in [1.165, 1.54) is 0 Å². The summed E-state index contributed by atoms with van der Waals surface area (Å²) in [6.07, 6.45) is 5.95. The van der Waals surface area contributed by atoms with E-state index in [4.69, 9.17) is 6.42 Å². The number of hydrogen-bond acceptors (Lipinski definition) is 1. The third kappa shape index (κ3) is 3.09. The molecule has 1 rings (SSSR count). The van der Waals surface area contributed by atoms with Crippen molar-refractivity contribution in [1.29, 1.82) is 0 Å². The summed E-state index contributed by atoms with van der Waals surface area (Å²) in [5.74, 6) is 2.54. The molecule has 1 atom stereocenters. The molecule has 0 aromatic heterocycles. The summed E-state index contributed by atoms with van der Waals surface area (Å²) in [5.41, 5.74) is 3.23. The second kappa shape index (κ2) is 5.34. The van der Waals surface area contributed by atoms with Crippen molar-refractivity contribution in [2.75, 3.05) is 0 Å². The molecule has 1 nitrogen and oxygen atoms in total. The minimum atomic E-state index is -0.452. The third-order valence-electron chi connectivity index (χ3n) is 2.41. The van der Waals surface area contributed by atoms with Crippen LogP contribution in [0, 0.1) is 26.2 Å².